The molecule has 0 radical (unpaired) electrons. The average Bonchev–Trinajstić information content (AvgIpc) is 3.35. The number of ether oxygens (including phenoxy) is 2. The van der Waals surface area contributed by atoms with E-state index in [2.05, 4.69) is 36.0 Å². The van der Waals surface area contributed by atoms with E-state index in [-0.39, 0.29) is 41.1 Å². The maximum absolute atomic E-state index is 14.3. The Balaban J connectivity index is 1.69. The molecular weight excluding hydrogens is 547 g/mol. The molecule has 4 N–H and O–H groups in total. The molecule has 0 fully saturated rings. The number of aryl methyl sites for hydroxylation is 1. The highest BCUT2D eigenvalue weighted by molar-refractivity contribution is 6.28. The quantitative estimate of drug-likeness (QED) is 0.205. The van der Waals surface area contributed by atoms with Crippen molar-refractivity contribution in [3.05, 3.63) is 70.6 Å². The first-order valence-electron chi connectivity index (χ1n) is 11.6. The van der Waals surface area contributed by atoms with Gasteiger partial charge in [0, 0.05) is 31.5 Å². The highest BCUT2D eigenvalue weighted by atomic mass is 35.5. The van der Waals surface area contributed by atoms with Crippen molar-refractivity contribution >= 4 is 40.8 Å². The summed E-state index contributed by atoms with van der Waals surface area (Å²) < 4.78 is 27.3. The molecular formula is C25H24ClFN8O5. The third kappa shape index (κ3) is 6.59. The predicted octanol–water partition coefficient (Wildman–Crippen LogP) is 3.98. The lowest BCUT2D eigenvalue weighted by molar-refractivity contribution is 0.0963. The van der Waals surface area contributed by atoms with Crippen LogP contribution in [-0.4, -0.2) is 56.0 Å². The fourth-order valence-electron chi connectivity index (χ4n) is 3.76. The Labute approximate surface area is 232 Å². The molecule has 2 amide bonds. The molecule has 2 aromatic carbocycles. The molecule has 208 valence electrons. The van der Waals surface area contributed by atoms with Gasteiger partial charge in [-0.15, -0.1) is 0 Å². The molecule has 4 rings (SSSR count). The van der Waals surface area contributed by atoms with E-state index in [1.54, 1.807) is 19.2 Å². The topological polar surface area (TPSA) is 165 Å². The monoisotopic (exact) mass is 570 g/mol. The standard InChI is InChI=1S/C25H24ClFN8O5/c1-28-23(36)17-9-29-24(26)33-22(17)32-19-7-13(6-16(20(19)39-3)21-30-12-35(2)34-21)10-40-11-14-8-15(31-25(37)38)4-5-18(14)27/h4-9,12,31H,10-11H2,1-3H3,(H,28,36)(H,37,38)(H,29,32,33). The van der Waals surface area contributed by atoms with Crippen molar-refractivity contribution in [3.8, 4) is 17.1 Å². The number of carbonyl (C=O) groups is 2. The van der Waals surface area contributed by atoms with Crippen molar-refractivity contribution in [3.63, 3.8) is 0 Å². The van der Waals surface area contributed by atoms with Gasteiger partial charge in [0.25, 0.3) is 5.91 Å². The highest BCUT2D eigenvalue weighted by Crippen LogP contribution is 2.38. The largest absolute Gasteiger partial charge is 0.494 e. The van der Waals surface area contributed by atoms with E-state index < -0.39 is 17.8 Å². The number of aromatic nitrogens is 5. The minimum atomic E-state index is -1.27. The molecule has 0 aliphatic rings. The number of methoxy groups -OCH3 is 1. The fraction of sp³-hybridized carbons (Fsp3) is 0.200. The Hall–Kier alpha value is -4.82. The third-order valence-corrected chi connectivity index (χ3v) is 5.68. The summed E-state index contributed by atoms with van der Waals surface area (Å²) in [6, 6.07) is 7.28. The van der Waals surface area contributed by atoms with Crippen molar-refractivity contribution in [2.75, 3.05) is 24.8 Å². The summed E-state index contributed by atoms with van der Waals surface area (Å²) in [5.74, 6) is -0.152. The zero-order valence-corrected chi connectivity index (χ0v) is 22.3. The molecule has 0 aliphatic heterocycles. The molecule has 0 atom stereocenters. The average molecular weight is 571 g/mol. The molecule has 0 spiro atoms. The van der Waals surface area contributed by atoms with E-state index in [1.807, 2.05) is 0 Å². The van der Waals surface area contributed by atoms with Crippen LogP contribution >= 0.6 is 11.6 Å². The van der Waals surface area contributed by atoms with Gasteiger partial charge in [0.2, 0.25) is 5.28 Å². The maximum atomic E-state index is 14.3. The minimum Gasteiger partial charge on any atom is -0.494 e. The van der Waals surface area contributed by atoms with Crippen LogP contribution in [-0.2, 0) is 25.0 Å². The smallest absolute Gasteiger partial charge is 0.409 e. The van der Waals surface area contributed by atoms with Crippen LogP contribution < -0.4 is 20.7 Å². The van der Waals surface area contributed by atoms with Gasteiger partial charge in [0.05, 0.1) is 31.6 Å². The summed E-state index contributed by atoms with van der Waals surface area (Å²) in [7, 11) is 4.66. The molecule has 2 heterocycles. The number of carboxylic acid groups (broad SMARTS) is 1. The summed E-state index contributed by atoms with van der Waals surface area (Å²) in [4.78, 5) is 35.7. The Morgan fingerprint density at radius 2 is 1.98 bits per heavy atom. The molecule has 0 saturated carbocycles. The van der Waals surface area contributed by atoms with Crippen LogP contribution in [0.1, 0.15) is 21.5 Å². The minimum absolute atomic E-state index is 0.0152. The molecule has 0 bridgehead atoms. The summed E-state index contributed by atoms with van der Waals surface area (Å²) in [6.07, 6.45) is 1.55. The predicted molar refractivity (Wildman–Crippen MR) is 143 cm³/mol. The number of amides is 2. The first-order chi connectivity index (χ1) is 19.2. The third-order valence-electron chi connectivity index (χ3n) is 5.50. The second-order valence-electron chi connectivity index (χ2n) is 8.30. The lowest BCUT2D eigenvalue weighted by atomic mass is 10.1. The van der Waals surface area contributed by atoms with Gasteiger partial charge >= 0.3 is 6.09 Å². The Bertz CT molecular complexity index is 1560. The number of nitrogens with one attached hydrogen (secondary N) is 3. The van der Waals surface area contributed by atoms with Gasteiger partial charge in [0.15, 0.2) is 11.6 Å². The molecule has 0 unspecified atom stereocenters. The van der Waals surface area contributed by atoms with Crippen LogP contribution in [0.15, 0.2) is 42.9 Å². The Kier molecular flexibility index (Phi) is 8.71. The second-order valence-corrected chi connectivity index (χ2v) is 8.64. The van der Waals surface area contributed by atoms with Crippen molar-refractivity contribution in [2.24, 2.45) is 7.05 Å². The molecule has 0 saturated heterocycles. The van der Waals surface area contributed by atoms with Gasteiger partial charge in [-0.1, -0.05) is 0 Å². The van der Waals surface area contributed by atoms with Crippen LogP contribution in [0.2, 0.25) is 5.28 Å². The van der Waals surface area contributed by atoms with Crippen LogP contribution in [0, 0.1) is 5.82 Å². The van der Waals surface area contributed by atoms with Crippen LogP contribution in [0.4, 0.5) is 26.4 Å². The number of halogens is 2. The zero-order valence-electron chi connectivity index (χ0n) is 21.5. The molecule has 15 heteroatoms. The van der Waals surface area contributed by atoms with Crippen molar-refractivity contribution in [2.45, 2.75) is 13.2 Å². The Morgan fingerprint density at radius 3 is 2.65 bits per heavy atom. The number of carbonyl (C=O) groups excluding carboxylic acids is 1. The van der Waals surface area contributed by atoms with Crippen LogP contribution in [0.25, 0.3) is 11.4 Å². The molecule has 0 aliphatic carbocycles. The number of benzene rings is 2. The summed E-state index contributed by atoms with van der Waals surface area (Å²) >= 11 is 6.01. The van der Waals surface area contributed by atoms with Gasteiger partial charge in [-0.2, -0.15) is 10.1 Å². The second kappa shape index (κ2) is 12.4. The lowest BCUT2D eigenvalue weighted by Gasteiger charge is -2.17. The molecule has 40 heavy (non-hydrogen) atoms. The van der Waals surface area contributed by atoms with E-state index in [1.165, 1.54) is 43.5 Å². The van der Waals surface area contributed by atoms with Crippen molar-refractivity contribution in [1.82, 2.24) is 30.0 Å². The molecule has 2 aromatic heterocycles. The van der Waals surface area contributed by atoms with Gasteiger partial charge < -0.3 is 25.2 Å². The van der Waals surface area contributed by atoms with E-state index in [0.717, 1.165) is 6.07 Å². The number of rotatable bonds is 10. The first-order valence-corrected chi connectivity index (χ1v) is 12.0. The summed E-state index contributed by atoms with van der Waals surface area (Å²) in [5.41, 5.74) is 2.03. The lowest BCUT2D eigenvalue weighted by Crippen LogP contribution is -2.20. The van der Waals surface area contributed by atoms with E-state index in [9.17, 15) is 14.0 Å². The highest BCUT2D eigenvalue weighted by Gasteiger charge is 2.20. The van der Waals surface area contributed by atoms with E-state index in [0.29, 0.717) is 28.4 Å². The first kappa shape index (κ1) is 28.2. The van der Waals surface area contributed by atoms with Crippen LogP contribution in [0.3, 0.4) is 0 Å². The summed E-state index contributed by atoms with van der Waals surface area (Å²) in [5, 5.41) is 21.0. The fourth-order valence-corrected chi connectivity index (χ4v) is 3.90. The number of nitrogens with zero attached hydrogens (tertiary/aromatic N) is 5. The number of hydrogen-bond donors (Lipinski definition) is 4. The summed E-state index contributed by atoms with van der Waals surface area (Å²) in [6.45, 7) is -0.128. The van der Waals surface area contributed by atoms with Gasteiger partial charge in [-0.3, -0.25) is 14.8 Å². The van der Waals surface area contributed by atoms with Crippen molar-refractivity contribution in [1.29, 1.82) is 0 Å². The maximum Gasteiger partial charge on any atom is 0.409 e. The van der Waals surface area contributed by atoms with Gasteiger partial charge in [0.1, 0.15) is 23.5 Å². The Morgan fingerprint density at radius 1 is 1.18 bits per heavy atom. The number of hydrogen-bond acceptors (Lipinski definition) is 9. The van der Waals surface area contributed by atoms with Crippen LogP contribution in [0.5, 0.6) is 5.75 Å². The van der Waals surface area contributed by atoms with Gasteiger partial charge in [-0.05, 0) is 47.5 Å². The van der Waals surface area contributed by atoms with Gasteiger partial charge in [-0.25, -0.2) is 19.2 Å². The van der Waals surface area contributed by atoms with Crippen molar-refractivity contribution < 1.29 is 28.6 Å². The zero-order chi connectivity index (χ0) is 28.8. The normalized spacial score (nSPS) is 10.7. The molecule has 13 nitrogen and oxygen atoms in total. The van der Waals surface area contributed by atoms with E-state index >= 15 is 0 Å². The SMILES string of the molecule is CNC(=O)c1cnc(Cl)nc1Nc1cc(COCc2cc(NC(=O)O)ccc2F)cc(-c2ncn(C)n2)c1OC. The molecule has 4 aromatic rings. The number of anilines is 3. The van der Waals surface area contributed by atoms with E-state index in [4.69, 9.17) is 26.2 Å².